The maximum atomic E-state index is 12.8. The molecule has 48 heavy (non-hydrogen) atoms. The number of benzene rings is 3. The van der Waals surface area contributed by atoms with Gasteiger partial charge in [-0.15, -0.1) is 0 Å². The minimum atomic E-state index is -0.615. The first-order valence-corrected chi connectivity index (χ1v) is 16.6. The van der Waals surface area contributed by atoms with Gasteiger partial charge in [0.15, 0.2) is 6.29 Å². The number of aliphatic hydroxyl groups excluding tert-OH is 1. The van der Waals surface area contributed by atoms with Crippen molar-refractivity contribution >= 4 is 28.5 Å². The minimum Gasteiger partial charge on any atom is -0.392 e. The number of hydrogen-bond donors (Lipinski definition) is 5. The summed E-state index contributed by atoms with van der Waals surface area (Å²) < 4.78 is 15.0. The third kappa shape index (κ3) is 8.20. The molecule has 2 fully saturated rings. The second-order valence-electron chi connectivity index (χ2n) is 12.6. The summed E-state index contributed by atoms with van der Waals surface area (Å²) in [5.41, 5.74) is 6.68. The topological polar surface area (TPSA) is 158 Å². The molecule has 3 unspecified atom stereocenters. The molecule has 0 radical (unpaired) electrons. The summed E-state index contributed by atoms with van der Waals surface area (Å²) in [4.78, 5) is 41.7. The zero-order valence-electron chi connectivity index (χ0n) is 26.8. The van der Waals surface area contributed by atoms with Gasteiger partial charge in [-0.2, -0.15) is 0 Å². The van der Waals surface area contributed by atoms with Crippen LogP contribution in [0.25, 0.3) is 11.0 Å². The molecule has 254 valence electrons. The number of nitrogens with one attached hydrogen (secondary N) is 3. The standard InChI is InChI=1S/C36H43N5O7/c42-23-24-9-11-25(12-10-24)32-21-29(22-40-19-17-28(18-20-40)41-31-6-2-1-5-30(31)38-36(41)45)47-35(48-32)26-13-15-27(16-14-26)37-33(43)7-3-4-8-34(44)39-46/h1-2,5-6,9-16,28-29,32,35,42,46H,3-4,7-8,17-23H2,(H,37,43)(H,38,45)(H,39,44). The minimum absolute atomic E-state index is 0.0233. The fraction of sp³-hybridized carbons (Fsp3) is 0.417. The van der Waals surface area contributed by atoms with Crippen molar-refractivity contribution in [2.75, 3.05) is 25.0 Å². The van der Waals surface area contributed by atoms with Crippen molar-refractivity contribution in [3.63, 3.8) is 0 Å². The number of aromatic amines is 1. The molecule has 4 aromatic rings. The SMILES string of the molecule is O=C(CCCCC(=O)Nc1ccc(C2OC(CN3CCC(n4c(=O)[nH]c5ccccc54)CC3)CC(c3ccc(CO)cc3)O2)cc1)NO. The number of nitrogens with zero attached hydrogens (tertiary/aromatic N) is 2. The Morgan fingerprint density at radius 2 is 1.56 bits per heavy atom. The summed E-state index contributed by atoms with van der Waals surface area (Å²) in [7, 11) is 0. The maximum Gasteiger partial charge on any atom is 0.326 e. The number of likely N-dealkylation sites (tertiary alicyclic amines) is 1. The summed E-state index contributed by atoms with van der Waals surface area (Å²) >= 11 is 0. The van der Waals surface area contributed by atoms with Crippen molar-refractivity contribution in [2.45, 2.75) is 76.1 Å². The zero-order valence-corrected chi connectivity index (χ0v) is 26.8. The van der Waals surface area contributed by atoms with E-state index in [2.05, 4.69) is 15.2 Å². The van der Waals surface area contributed by atoms with Crippen LogP contribution in [0.1, 0.15) is 80.1 Å². The predicted molar refractivity (Wildman–Crippen MR) is 179 cm³/mol. The highest BCUT2D eigenvalue weighted by Crippen LogP contribution is 2.39. The number of hydroxylamine groups is 1. The van der Waals surface area contributed by atoms with Crippen LogP contribution < -0.4 is 16.5 Å². The van der Waals surface area contributed by atoms with Gasteiger partial charge in [0.2, 0.25) is 11.8 Å². The van der Waals surface area contributed by atoms with Crippen molar-refractivity contribution < 1.29 is 29.4 Å². The molecule has 0 aliphatic carbocycles. The lowest BCUT2D eigenvalue weighted by Crippen LogP contribution is -2.43. The van der Waals surface area contributed by atoms with E-state index in [1.54, 1.807) is 5.48 Å². The van der Waals surface area contributed by atoms with Crippen molar-refractivity contribution in [1.82, 2.24) is 19.9 Å². The van der Waals surface area contributed by atoms with Crippen molar-refractivity contribution in [2.24, 2.45) is 0 Å². The van der Waals surface area contributed by atoms with Gasteiger partial charge in [-0.25, -0.2) is 10.3 Å². The molecule has 6 rings (SSSR count). The van der Waals surface area contributed by atoms with Crippen LogP contribution in [-0.2, 0) is 25.7 Å². The molecule has 3 aromatic carbocycles. The third-order valence-corrected chi connectivity index (χ3v) is 9.27. The van der Waals surface area contributed by atoms with Gasteiger partial charge in [-0.3, -0.25) is 19.4 Å². The predicted octanol–water partition coefficient (Wildman–Crippen LogP) is 4.71. The number of rotatable bonds is 12. The highest BCUT2D eigenvalue weighted by molar-refractivity contribution is 5.90. The average molecular weight is 658 g/mol. The maximum absolute atomic E-state index is 12.8. The number of para-hydroxylation sites is 2. The van der Waals surface area contributed by atoms with Gasteiger partial charge in [0.25, 0.3) is 0 Å². The molecule has 12 nitrogen and oxygen atoms in total. The molecule has 1 aromatic heterocycles. The number of anilines is 1. The first-order valence-electron chi connectivity index (χ1n) is 16.6. The van der Waals surface area contributed by atoms with Gasteiger partial charge in [0.05, 0.1) is 29.8 Å². The molecule has 2 saturated heterocycles. The molecule has 0 saturated carbocycles. The van der Waals surface area contributed by atoms with Gasteiger partial charge < -0.3 is 29.8 Å². The van der Waals surface area contributed by atoms with Gasteiger partial charge in [0.1, 0.15) is 0 Å². The number of hydrogen-bond acceptors (Lipinski definition) is 8. The van der Waals surface area contributed by atoms with Crippen LogP contribution in [0, 0.1) is 0 Å². The Kier molecular flexibility index (Phi) is 11.0. The Bertz CT molecular complexity index is 1730. The summed E-state index contributed by atoms with van der Waals surface area (Å²) in [6.45, 7) is 2.40. The van der Waals surface area contributed by atoms with E-state index in [9.17, 15) is 19.5 Å². The molecule has 3 heterocycles. The number of amides is 2. The Hall–Kier alpha value is -4.33. The lowest BCUT2D eigenvalue weighted by Gasteiger charge is -2.40. The molecule has 5 N–H and O–H groups in total. The second-order valence-corrected chi connectivity index (χ2v) is 12.6. The molecule has 2 aliphatic heterocycles. The van der Waals surface area contributed by atoms with Crippen LogP contribution in [0.3, 0.4) is 0 Å². The summed E-state index contributed by atoms with van der Waals surface area (Å²) in [6.07, 6.45) is 2.94. The normalized spacial score (nSPS) is 20.5. The Morgan fingerprint density at radius 1 is 0.875 bits per heavy atom. The molecule has 0 spiro atoms. The van der Waals surface area contributed by atoms with Gasteiger partial charge >= 0.3 is 5.69 Å². The fourth-order valence-electron chi connectivity index (χ4n) is 6.69. The number of aromatic nitrogens is 2. The van der Waals surface area contributed by atoms with Crippen molar-refractivity contribution in [3.05, 3.63) is 100.0 Å². The number of piperidine rings is 1. The number of unbranched alkanes of at least 4 members (excludes halogenated alkanes) is 1. The van der Waals surface area contributed by atoms with E-state index in [1.165, 1.54) is 0 Å². The highest BCUT2D eigenvalue weighted by Gasteiger charge is 2.34. The van der Waals surface area contributed by atoms with Crippen molar-refractivity contribution in [1.29, 1.82) is 0 Å². The van der Waals surface area contributed by atoms with E-state index in [0.29, 0.717) is 24.9 Å². The van der Waals surface area contributed by atoms with Gasteiger partial charge in [-0.1, -0.05) is 48.5 Å². The van der Waals surface area contributed by atoms with E-state index in [4.69, 9.17) is 14.7 Å². The Morgan fingerprint density at radius 3 is 2.27 bits per heavy atom. The lowest BCUT2D eigenvalue weighted by molar-refractivity contribution is -0.253. The number of ether oxygens (including phenoxy) is 2. The number of aliphatic hydroxyl groups is 1. The van der Waals surface area contributed by atoms with Gasteiger partial charge in [0, 0.05) is 56.2 Å². The largest absolute Gasteiger partial charge is 0.392 e. The first-order chi connectivity index (χ1) is 23.4. The van der Waals surface area contributed by atoms with E-state index in [0.717, 1.165) is 60.2 Å². The van der Waals surface area contributed by atoms with Crippen LogP contribution in [0.4, 0.5) is 5.69 Å². The Balaban J connectivity index is 1.09. The van der Waals surface area contributed by atoms with E-state index < -0.39 is 12.2 Å². The van der Waals surface area contributed by atoms with Crippen LogP contribution in [-0.4, -0.2) is 62.3 Å². The molecule has 12 heteroatoms. The number of imidazole rings is 1. The molecular formula is C36H43N5O7. The zero-order chi connectivity index (χ0) is 33.5. The van der Waals surface area contributed by atoms with Crippen LogP contribution in [0.5, 0.6) is 0 Å². The Labute approximate surface area is 278 Å². The van der Waals surface area contributed by atoms with E-state index >= 15 is 0 Å². The number of H-pyrrole nitrogens is 1. The quantitative estimate of drug-likeness (QED) is 0.0833. The van der Waals surface area contributed by atoms with Gasteiger partial charge in [-0.05, 0) is 61.1 Å². The highest BCUT2D eigenvalue weighted by atomic mass is 16.7. The van der Waals surface area contributed by atoms with Crippen LogP contribution >= 0.6 is 0 Å². The average Bonchev–Trinajstić information content (AvgIpc) is 3.46. The second kappa shape index (κ2) is 15.7. The van der Waals surface area contributed by atoms with E-state index in [1.807, 2.05) is 77.4 Å². The molecule has 0 bridgehead atoms. The monoisotopic (exact) mass is 657 g/mol. The molecule has 2 aliphatic rings. The number of carbonyl (C=O) groups is 2. The molecular weight excluding hydrogens is 614 g/mol. The van der Waals surface area contributed by atoms with Crippen LogP contribution in [0.15, 0.2) is 77.6 Å². The molecule has 2 amide bonds. The summed E-state index contributed by atoms with van der Waals surface area (Å²) in [5.74, 6) is -0.615. The summed E-state index contributed by atoms with van der Waals surface area (Å²) in [6, 6.07) is 23.2. The number of fused-ring (bicyclic) bond motifs is 1. The molecule has 3 atom stereocenters. The summed E-state index contributed by atoms with van der Waals surface area (Å²) in [5, 5.41) is 21.0. The lowest BCUT2D eigenvalue weighted by atomic mass is 9.98. The van der Waals surface area contributed by atoms with E-state index in [-0.39, 0.29) is 49.3 Å². The first kappa shape index (κ1) is 33.6. The smallest absolute Gasteiger partial charge is 0.326 e. The fourth-order valence-corrected chi connectivity index (χ4v) is 6.69. The number of carbonyl (C=O) groups excluding carboxylic acids is 2. The van der Waals surface area contributed by atoms with Crippen LogP contribution in [0.2, 0.25) is 0 Å². The van der Waals surface area contributed by atoms with Crippen molar-refractivity contribution in [3.8, 4) is 0 Å². The third-order valence-electron chi connectivity index (χ3n) is 9.27.